The number of carbonyl (C=O) groups excluding carboxylic acids is 2. The fraction of sp³-hybridized carbons (Fsp3) is 0.500. The summed E-state index contributed by atoms with van der Waals surface area (Å²) >= 11 is 0. The SMILES string of the molecule is O=C(NC[C@@H](c1ccco1)[NH+]1CCCCC1)C1CCN(C(=O)Nc2ccccc2)CC1. The van der Waals surface area contributed by atoms with Gasteiger partial charge in [0, 0.05) is 24.7 Å². The molecule has 1 atom stereocenters. The van der Waals surface area contributed by atoms with Crippen molar-refractivity contribution < 1.29 is 18.9 Å². The molecule has 3 N–H and O–H groups in total. The van der Waals surface area contributed by atoms with Crippen LogP contribution in [0.15, 0.2) is 53.1 Å². The number of hydrogen-bond acceptors (Lipinski definition) is 3. The number of urea groups is 1. The summed E-state index contributed by atoms with van der Waals surface area (Å²) in [5.41, 5.74) is 0.788. The second-order valence-corrected chi connectivity index (χ2v) is 8.59. The summed E-state index contributed by atoms with van der Waals surface area (Å²) in [6.45, 7) is 4.02. The van der Waals surface area contributed by atoms with Crippen molar-refractivity contribution in [3.8, 4) is 0 Å². The van der Waals surface area contributed by atoms with Crippen LogP contribution in [0.3, 0.4) is 0 Å². The molecule has 0 bridgehead atoms. The van der Waals surface area contributed by atoms with Gasteiger partial charge in [0.05, 0.1) is 25.9 Å². The summed E-state index contributed by atoms with van der Waals surface area (Å²) < 4.78 is 5.69. The van der Waals surface area contributed by atoms with Crippen molar-refractivity contribution in [3.05, 3.63) is 54.5 Å². The van der Waals surface area contributed by atoms with Crippen molar-refractivity contribution in [2.75, 3.05) is 38.0 Å². The molecule has 4 rings (SSSR count). The van der Waals surface area contributed by atoms with Gasteiger partial charge in [-0.05, 0) is 56.4 Å². The second kappa shape index (κ2) is 10.5. The molecule has 0 aliphatic carbocycles. The van der Waals surface area contributed by atoms with Gasteiger partial charge in [-0.3, -0.25) is 4.79 Å². The van der Waals surface area contributed by atoms with E-state index in [4.69, 9.17) is 4.42 Å². The molecular weight excluding hydrogens is 392 g/mol. The number of carbonyl (C=O) groups is 2. The normalized spacial score (nSPS) is 19.0. The lowest BCUT2D eigenvalue weighted by Gasteiger charge is -2.33. The molecule has 7 heteroatoms. The number of quaternary nitrogens is 1. The Morgan fingerprint density at radius 3 is 2.45 bits per heavy atom. The maximum Gasteiger partial charge on any atom is 0.321 e. The van der Waals surface area contributed by atoms with Gasteiger partial charge < -0.3 is 24.9 Å². The van der Waals surface area contributed by atoms with E-state index < -0.39 is 0 Å². The summed E-state index contributed by atoms with van der Waals surface area (Å²) in [5, 5.41) is 6.10. The molecule has 0 saturated carbocycles. The Balaban J connectivity index is 1.26. The third-order valence-corrected chi connectivity index (χ3v) is 6.53. The number of para-hydroxylation sites is 1. The highest BCUT2D eigenvalue weighted by Gasteiger charge is 2.31. The predicted molar refractivity (Wildman–Crippen MR) is 119 cm³/mol. The Morgan fingerprint density at radius 2 is 1.77 bits per heavy atom. The van der Waals surface area contributed by atoms with E-state index in [0.717, 1.165) is 24.5 Å². The molecule has 3 amide bonds. The van der Waals surface area contributed by atoms with Gasteiger partial charge in [0.15, 0.2) is 11.8 Å². The van der Waals surface area contributed by atoms with E-state index in [2.05, 4.69) is 10.6 Å². The zero-order valence-electron chi connectivity index (χ0n) is 18.0. The van der Waals surface area contributed by atoms with E-state index in [1.807, 2.05) is 42.5 Å². The Morgan fingerprint density at radius 1 is 1.03 bits per heavy atom. The van der Waals surface area contributed by atoms with Gasteiger partial charge >= 0.3 is 6.03 Å². The number of nitrogens with one attached hydrogen (secondary N) is 3. The molecule has 1 aromatic carbocycles. The maximum absolute atomic E-state index is 12.9. The van der Waals surface area contributed by atoms with Crippen molar-refractivity contribution in [1.29, 1.82) is 0 Å². The number of benzene rings is 1. The molecular formula is C24H33N4O3+. The number of piperidine rings is 2. The van der Waals surface area contributed by atoms with Crippen LogP contribution in [0.4, 0.5) is 10.5 Å². The van der Waals surface area contributed by atoms with Crippen LogP contribution >= 0.6 is 0 Å². The van der Waals surface area contributed by atoms with E-state index in [9.17, 15) is 9.59 Å². The Hall–Kier alpha value is -2.80. The van der Waals surface area contributed by atoms with Gasteiger partial charge in [-0.15, -0.1) is 0 Å². The number of rotatable bonds is 6. The Labute approximate surface area is 183 Å². The van der Waals surface area contributed by atoms with Gasteiger partial charge in [-0.25, -0.2) is 4.79 Å². The van der Waals surface area contributed by atoms with Crippen LogP contribution in [0.1, 0.15) is 43.9 Å². The van der Waals surface area contributed by atoms with Crippen LogP contribution in [-0.2, 0) is 4.79 Å². The van der Waals surface area contributed by atoms with Crippen molar-refractivity contribution >= 4 is 17.6 Å². The Bertz CT molecular complexity index is 826. The first-order valence-corrected chi connectivity index (χ1v) is 11.5. The van der Waals surface area contributed by atoms with Crippen LogP contribution < -0.4 is 15.5 Å². The van der Waals surface area contributed by atoms with Crippen LogP contribution in [0.2, 0.25) is 0 Å². The summed E-state index contributed by atoms with van der Waals surface area (Å²) in [5.74, 6) is 0.995. The number of anilines is 1. The standard InChI is InChI=1S/C24H32N4O3/c29-23(25-18-21(22-10-7-17-31-22)27-13-5-2-6-14-27)19-11-15-28(16-12-19)24(30)26-20-8-3-1-4-9-20/h1,3-4,7-10,17,19,21H,2,5-6,11-16,18H2,(H,25,29)(H,26,30)/p+1/t21-/m0/s1. The summed E-state index contributed by atoms with van der Waals surface area (Å²) in [4.78, 5) is 28.6. The topological polar surface area (TPSA) is 79.0 Å². The third kappa shape index (κ3) is 5.67. The number of hydrogen-bond donors (Lipinski definition) is 3. The van der Waals surface area contributed by atoms with Gasteiger partial charge in [-0.2, -0.15) is 0 Å². The molecule has 2 fully saturated rings. The zero-order valence-corrected chi connectivity index (χ0v) is 18.0. The van der Waals surface area contributed by atoms with Crippen LogP contribution in [0.25, 0.3) is 0 Å². The first kappa shape index (κ1) is 21.4. The average molecular weight is 426 g/mol. The lowest BCUT2D eigenvalue weighted by atomic mass is 9.96. The van der Waals surface area contributed by atoms with Crippen molar-refractivity contribution in [1.82, 2.24) is 10.2 Å². The van der Waals surface area contributed by atoms with Crippen LogP contribution in [-0.4, -0.2) is 49.6 Å². The quantitative estimate of drug-likeness (QED) is 0.665. The van der Waals surface area contributed by atoms with Gasteiger partial charge in [-0.1, -0.05) is 18.2 Å². The average Bonchev–Trinajstić information content (AvgIpc) is 3.35. The van der Waals surface area contributed by atoms with Gasteiger partial charge in [0.1, 0.15) is 0 Å². The highest BCUT2D eigenvalue weighted by atomic mass is 16.3. The molecule has 0 radical (unpaired) electrons. The van der Waals surface area contributed by atoms with Crippen molar-refractivity contribution in [3.63, 3.8) is 0 Å². The van der Waals surface area contributed by atoms with E-state index in [1.165, 1.54) is 24.2 Å². The minimum Gasteiger partial charge on any atom is -0.463 e. The van der Waals surface area contributed by atoms with Crippen LogP contribution in [0.5, 0.6) is 0 Å². The lowest BCUT2D eigenvalue weighted by molar-refractivity contribution is -0.936. The molecule has 7 nitrogen and oxygen atoms in total. The lowest BCUT2D eigenvalue weighted by Crippen LogP contribution is -3.13. The smallest absolute Gasteiger partial charge is 0.321 e. The minimum absolute atomic E-state index is 0.0469. The van der Waals surface area contributed by atoms with E-state index >= 15 is 0 Å². The second-order valence-electron chi connectivity index (χ2n) is 8.59. The zero-order chi connectivity index (χ0) is 21.5. The third-order valence-electron chi connectivity index (χ3n) is 6.53. The largest absolute Gasteiger partial charge is 0.463 e. The van der Waals surface area contributed by atoms with Gasteiger partial charge in [0.25, 0.3) is 0 Å². The minimum atomic E-state index is -0.100. The first-order valence-electron chi connectivity index (χ1n) is 11.5. The molecule has 31 heavy (non-hydrogen) atoms. The predicted octanol–water partition coefficient (Wildman–Crippen LogP) is 2.45. The fourth-order valence-electron chi connectivity index (χ4n) is 4.71. The molecule has 2 aromatic rings. The summed E-state index contributed by atoms with van der Waals surface area (Å²) in [7, 11) is 0. The molecule has 0 unspecified atom stereocenters. The fourth-order valence-corrected chi connectivity index (χ4v) is 4.71. The number of nitrogens with zero attached hydrogens (tertiary/aromatic N) is 1. The van der Waals surface area contributed by atoms with E-state index in [0.29, 0.717) is 32.5 Å². The highest BCUT2D eigenvalue weighted by molar-refractivity contribution is 5.89. The van der Waals surface area contributed by atoms with E-state index in [-0.39, 0.29) is 23.9 Å². The van der Waals surface area contributed by atoms with E-state index in [1.54, 1.807) is 11.2 Å². The Kier molecular flexibility index (Phi) is 7.25. The monoisotopic (exact) mass is 425 g/mol. The summed E-state index contributed by atoms with van der Waals surface area (Å²) in [6.07, 6.45) is 6.83. The molecule has 3 heterocycles. The van der Waals surface area contributed by atoms with Crippen LogP contribution in [0, 0.1) is 5.92 Å². The maximum atomic E-state index is 12.9. The number of likely N-dealkylation sites (tertiary alicyclic amines) is 2. The molecule has 2 aliphatic rings. The molecule has 0 spiro atoms. The van der Waals surface area contributed by atoms with Crippen molar-refractivity contribution in [2.45, 2.75) is 38.1 Å². The van der Waals surface area contributed by atoms with Gasteiger partial charge in [0.2, 0.25) is 5.91 Å². The molecule has 2 aliphatic heterocycles. The first-order chi connectivity index (χ1) is 15.2. The highest BCUT2D eigenvalue weighted by Crippen LogP contribution is 2.19. The number of amides is 3. The molecule has 1 aromatic heterocycles. The number of furan rings is 1. The molecule has 2 saturated heterocycles. The van der Waals surface area contributed by atoms with Crippen molar-refractivity contribution in [2.24, 2.45) is 5.92 Å². The molecule has 166 valence electrons. The summed E-state index contributed by atoms with van der Waals surface area (Å²) in [6, 6.07) is 13.5.